The summed E-state index contributed by atoms with van der Waals surface area (Å²) in [5.74, 6) is 0. The Balaban J connectivity index is 4.21. The molecule has 0 saturated carbocycles. The van der Waals surface area contributed by atoms with Gasteiger partial charge in [0.15, 0.2) is 10.2 Å². The molecule has 0 radical (unpaired) electrons. The van der Waals surface area contributed by atoms with Crippen LogP contribution in [0.15, 0.2) is 0 Å². The SMILES string of the molecule is CCCCCCN(CC)N(C)C(=S)NC(=S)N(C)C. The maximum absolute atomic E-state index is 5.38. The van der Waals surface area contributed by atoms with E-state index in [1.165, 1.54) is 25.7 Å². The molecule has 4 nitrogen and oxygen atoms in total. The van der Waals surface area contributed by atoms with Crippen molar-refractivity contribution < 1.29 is 0 Å². The first-order valence-electron chi connectivity index (χ1n) is 6.94. The Kier molecular flexibility index (Phi) is 10.1. The number of nitrogens with zero attached hydrogens (tertiary/aromatic N) is 3. The number of hydrogen-bond acceptors (Lipinski definition) is 3. The average Bonchev–Trinajstić information content (AvgIpc) is 2.38. The highest BCUT2D eigenvalue weighted by molar-refractivity contribution is 7.81. The Bertz CT molecular complexity index is 282. The minimum absolute atomic E-state index is 0.638. The van der Waals surface area contributed by atoms with Crippen molar-refractivity contribution in [1.29, 1.82) is 0 Å². The van der Waals surface area contributed by atoms with Crippen LogP contribution in [0.5, 0.6) is 0 Å². The molecule has 0 aliphatic carbocycles. The van der Waals surface area contributed by atoms with E-state index in [1.807, 2.05) is 31.1 Å². The number of hydrogen-bond donors (Lipinski definition) is 1. The van der Waals surface area contributed by atoms with Gasteiger partial charge in [-0.15, -0.1) is 0 Å². The molecule has 0 spiro atoms. The van der Waals surface area contributed by atoms with Crippen LogP contribution in [-0.4, -0.2) is 59.4 Å². The van der Waals surface area contributed by atoms with Gasteiger partial charge in [-0.1, -0.05) is 33.1 Å². The van der Waals surface area contributed by atoms with Gasteiger partial charge in [-0.3, -0.25) is 5.01 Å². The third-order valence-electron chi connectivity index (χ3n) is 2.97. The first-order valence-corrected chi connectivity index (χ1v) is 7.76. The van der Waals surface area contributed by atoms with Gasteiger partial charge in [0.05, 0.1) is 0 Å². The molecule has 0 rings (SSSR count). The molecule has 0 unspecified atom stereocenters. The zero-order chi connectivity index (χ0) is 14.8. The van der Waals surface area contributed by atoms with Crippen molar-refractivity contribution in [2.75, 3.05) is 34.2 Å². The van der Waals surface area contributed by atoms with Crippen molar-refractivity contribution in [3.05, 3.63) is 0 Å². The molecule has 0 bridgehead atoms. The van der Waals surface area contributed by atoms with Crippen molar-refractivity contribution in [2.45, 2.75) is 39.5 Å². The second-order valence-electron chi connectivity index (χ2n) is 4.76. The Morgan fingerprint density at radius 3 is 2.05 bits per heavy atom. The first-order chi connectivity index (χ1) is 8.93. The fourth-order valence-electron chi connectivity index (χ4n) is 1.65. The van der Waals surface area contributed by atoms with Crippen molar-refractivity contribution in [3.63, 3.8) is 0 Å². The second-order valence-corrected chi connectivity index (χ2v) is 5.53. The topological polar surface area (TPSA) is 21.8 Å². The molecule has 0 aliphatic heterocycles. The molecule has 1 N–H and O–H groups in total. The highest BCUT2D eigenvalue weighted by Gasteiger charge is 2.13. The Hall–Kier alpha value is -0.460. The standard InChI is InChI=1S/C13H28N4S2/c1-6-8-9-10-11-17(7-2)16(5)13(19)14-12(18)15(3)4/h6-11H2,1-5H3,(H,14,18,19). The van der Waals surface area contributed by atoms with Crippen LogP contribution in [0, 0.1) is 0 Å². The number of rotatable bonds is 7. The molecule has 0 fully saturated rings. The third-order valence-corrected chi connectivity index (χ3v) is 3.81. The van der Waals surface area contributed by atoms with Gasteiger partial charge in [-0.25, -0.2) is 5.01 Å². The molecule has 0 aromatic carbocycles. The van der Waals surface area contributed by atoms with Gasteiger partial charge in [0, 0.05) is 34.2 Å². The molecule has 19 heavy (non-hydrogen) atoms. The van der Waals surface area contributed by atoms with Crippen LogP contribution in [0.3, 0.4) is 0 Å². The number of thiocarbonyl (C=S) groups is 2. The maximum atomic E-state index is 5.38. The second kappa shape index (κ2) is 10.3. The lowest BCUT2D eigenvalue weighted by atomic mass is 10.2. The van der Waals surface area contributed by atoms with Crippen molar-refractivity contribution in [3.8, 4) is 0 Å². The van der Waals surface area contributed by atoms with E-state index >= 15 is 0 Å². The van der Waals surface area contributed by atoms with Crippen molar-refractivity contribution in [2.24, 2.45) is 0 Å². The maximum Gasteiger partial charge on any atom is 0.189 e. The summed E-state index contributed by atoms with van der Waals surface area (Å²) in [6, 6.07) is 0. The summed E-state index contributed by atoms with van der Waals surface area (Å²) in [4.78, 5) is 1.84. The van der Waals surface area contributed by atoms with Gasteiger partial charge in [0.2, 0.25) is 0 Å². The van der Waals surface area contributed by atoms with Crippen LogP contribution < -0.4 is 5.32 Å². The molecule has 6 heteroatoms. The van der Waals surface area contributed by atoms with E-state index in [1.54, 1.807) is 0 Å². The van der Waals surface area contributed by atoms with Crippen LogP contribution >= 0.6 is 24.4 Å². The molecule has 0 heterocycles. The molecule has 0 aromatic rings. The van der Waals surface area contributed by atoms with Crippen molar-refractivity contribution in [1.82, 2.24) is 20.2 Å². The van der Waals surface area contributed by atoms with Crippen LogP contribution in [-0.2, 0) is 0 Å². The molecule has 0 saturated heterocycles. The normalized spacial score (nSPS) is 10.4. The third kappa shape index (κ3) is 7.64. The Morgan fingerprint density at radius 2 is 1.58 bits per heavy atom. The van der Waals surface area contributed by atoms with E-state index in [-0.39, 0.29) is 0 Å². The number of nitrogens with one attached hydrogen (secondary N) is 1. The first kappa shape index (κ1) is 18.5. The van der Waals surface area contributed by atoms with E-state index in [4.69, 9.17) is 24.4 Å². The van der Waals surface area contributed by atoms with E-state index in [0.717, 1.165) is 13.1 Å². The molecule has 112 valence electrons. The highest BCUT2D eigenvalue weighted by atomic mass is 32.1. The molecule has 0 aliphatic rings. The summed E-state index contributed by atoms with van der Waals surface area (Å²) in [6.07, 6.45) is 5.04. The van der Waals surface area contributed by atoms with E-state index < -0.39 is 0 Å². The summed E-state index contributed by atoms with van der Waals surface area (Å²) >= 11 is 10.6. The quantitative estimate of drug-likeness (QED) is 0.440. The van der Waals surface area contributed by atoms with Crippen LogP contribution in [0.1, 0.15) is 39.5 Å². The van der Waals surface area contributed by atoms with E-state index in [2.05, 4.69) is 24.2 Å². The highest BCUT2D eigenvalue weighted by Crippen LogP contribution is 2.03. The van der Waals surface area contributed by atoms with E-state index in [0.29, 0.717) is 10.2 Å². The lowest BCUT2D eigenvalue weighted by Gasteiger charge is -2.33. The van der Waals surface area contributed by atoms with Gasteiger partial charge < -0.3 is 10.2 Å². The average molecular weight is 305 g/mol. The van der Waals surface area contributed by atoms with Crippen LogP contribution in [0.25, 0.3) is 0 Å². The largest absolute Gasteiger partial charge is 0.355 e. The number of unbranched alkanes of at least 4 members (excludes halogenated alkanes) is 3. The molecular weight excluding hydrogens is 276 g/mol. The predicted molar refractivity (Wildman–Crippen MR) is 91.2 cm³/mol. The van der Waals surface area contributed by atoms with Crippen LogP contribution in [0.4, 0.5) is 0 Å². The van der Waals surface area contributed by atoms with Gasteiger partial charge in [-0.2, -0.15) is 0 Å². The molecule has 0 aromatic heterocycles. The van der Waals surface area contributed by atoms with Gasteiger partial charge >= 0.3 is 0 Å². The monoisotopic (exact) mass is 304 g/mol. The smallest absolute Gasteiger partial charge is 0.189 e. The summed E-state index contributed by atoms with van der Waals surface area (Å²) in [7, 11) is 5.79. The molecule has 0 atom stereocenters. The summed E-state index contributed by atoms with van der Waals surface area (Å²) in [5.41, 5.74) is 0. The summed E-state index contributed by atoms with van der Waals surface area (Å²) in [5, 5.41) is 8.58. The molecule has 0 amide bonds. The van der Waals surface area contributed by atoms with Gasteiger partial charge in [0.25, 0.3) is 0 Å². The lowest BCUT2D eigenvalue weighted by Crippen LogP contribution is -2.51. The summed E-state index contributed by atoms with van der Waals surface area (Å²) < 4.78 is 0. The van der Waals surface area contributed by atoms with Gasteiger partial charge in [-0.05, 0) is 30.9 Å². The Labute approximate surface area is 129 Å². The molecular formula is C13H28N4S2. The minimum atomic E-state index is 0.638. The Morgan fingerprint density at radius 1 is 0.947 bits per heavy atom. The van der Waals surface area contributed by atoms with E-state index in [9.17, 15) is 0 Å². The van der Waals surface area contributed by atoms with Crippen LogP contribution in [0.2, 0.25) is 0 Å². The van der Waals surface area contributed by atoms with Crippen molar-refractivity contribution >= 4 is 34.7 Å². The zero-order valence-electron chi connectivity index (χ0n) is 12.9. The fraction of sp³-hybridized carbons (Fsp3) is 0.846. The minimum Gasteiger partial charge on any atom is -0.355 e. The summed E-state index contributed by atoms with van der Waals surface area (Å²) in [6.45, 7) is 6.34. The fourth-order valence-corrected chi connectivity index (χ4v) is 2.03. The van der Waals surface area contributed by atoms with Gasteiger partial charge in [0.1, 0.15) is 0 Å². The predicted octanol–water partition coefficient (Wildman–Crippen LogP) is 2.46. The number of hydrazine groups is 1. The zero-order valence-corrected chi connectivity index (χ0v) is 14.5. The lowest BCUT2D eigenvalue weighted by molar-refractivity contribution is 0.0742.